The molecule has 2 heterocycles. The van der Waals surface area contributed by atoms with Crippen LogP contribution in [-0.4, -0.2) is 15.7 Å². The van der Waals surface area contributed by atoms with Crippen molar-refractivity contribution in [3.05, 3.63) is 42.5 Å². The number of nitrogens with zero attached hydrogens (tertiary/aromatic N) is 2. The van der Waals surface area contributed by atoms with E-state index in [4.69, 9.17) is 0 Å². The number of rotatable bonds is 2. The third-order valence-electron chi connectivity index (χ3n) is 1.50. The third kappa shape index (κ3) is 1.58. The van der Waals surface area contributed by atoms with Crippen molar-refractivity contribution in [3.63, 3.8) is 0 Å². The van der Waals surface area contributed by atoms with E-state index >= 15 is 0 Å². The fourth-order valence-electron chi connectivity index (χ4n) is 0.914. The molecular weight excluding hydrogens is 170 g/mol. The summed E-state index contributed by atoms with van der Waals surface area (Å²) in [7, 11) is 0. The van der Waals surface area contributed by atoms with Gasteiger partial charge >= 0.3 is 5.91 Å². The van der Waals surface area contributed by atoms with Gasteiger partial charge in [-0.05, 0) is 12.1 Å². The van der Waals surface area contributed by atoms with Crippen molar-refractivity contribution in [2.75, 3.05) is 5.43 Å². The first-order valence-corrected chi connectivity index (χ1v) is 3.71. The molecule has 5 heteroatoms. The van der Waals surface area contributed by atoms with Gasteiger partial charge < -0.3 is 4.52 Å². The lowest BCUT2D eigenvalue weighted by molar-refractivity contribution is 0.0973. The molecule has 1 amide bonds. The van der Waals surface area contributed by atoms with Crippen LogP contribution in [0.1, 0.15) is 10.6 Å². The van der Waals surface area contributed by atoms with Crippen LogP contribution in [0.2, 0.25) is 0 Å². The number of amides is 1. The van der Waals surface area contributed by atoms with Gasteiger partial charge in [0.2, 0.25) is 5.76 Å². The Morgan fingerprint density at radius 1 is 1.46 bits per heavy atom. The van der Waals surface area contributed by atoms with E-state index in [1.807, 2.05) is 0 Å². The van der Waals surface area contributed by atoms with Crippen molar-refractivity contribution < 1.29 is 9.32 Å². The molecule has 0 radical (unpaired) electrons. The van der Waals surface area contributed by atoms with Crippen LogP contribution in [0.25, 0.3) is 0 Å². The second-order valence-corrected chi connectivity index (χ2v) is 2.41. The zero-order valence-corrected chi connectivity index (χ0v) is 6.68. The minimum absolute atomic E-state index is 0.189. The first kappa shape index (κ1) is 7.60. The third-order valence-corrected chi connectivity index (χ3v) is 1.50. The van der Waals surface area contributed by atoms with Crippen LogP contribution in [0.5, 0.6) is 0 Å². The van der Waals surface area contributed by atoms with E-state index < -0.39 is 0 Å². The average Bonchev–Trinajstić information content (AvgIpc) is 2.74. The van der Waals surface area contributed by atoms with Crippen molar-refractivity contribution in [2.24, 2.45) is 0 Å². The molecule has 2 rings (SSSR count). The highest BCUT2D eigenvalue weighted by Crippen LogP contribution is 1.97. The van der Waals surface area contributed by atoms with Gasteiger partial charge in [-0.15, -0.1) is 0 Å². The van der Waals surface area contributed by atoms with Gasteiger partial charge in [0.15, 0.2) is 0 Å². The summed E-state index contributed by atoms with van der Waals surface area (Å²) in [5, 5.41) is 3.43. The summed E-state index contributed by atoms with van der Waals surface area (Å²) in [4.78, 5) is 11.3. The van der Waals surface area contributed by atoms with Crippen LogP contribution < -0.4 is 5.43 Å². The SMILES string of the molecule is O=C(Nn1cccc1)c1ccno1. The predicted molar refractivity (Wildman–Crippen MR) is 44.6 cm³/mol. The van der Waals surface area contributed by atoms with Crippen molar-refractivity contribution in [1.82, 2.24) is 9.83 Å². The lowest BCUT2D eigenvalue weighted by Crippen LogP contribution is -2.20. The Hall–Kier alpha value is -2.04. The Morgan fingerprint density at radius 2 is 2.23 bits per heavy atom. The summed E-state index contributed by atoms with van der Waals surface area (Å²) in [6.45, 7) is 0. The molecule has 2 aromatic heterocycles. The summed E-state index contributed by atoms with van der Waals surface area (Å²) in [5.41, 5.74) is 2.57. The highest BCUT2D eigenvalue weighted by atomic mass is 16.5. The van der Waals surface area contributed by atoms with E-state index in [0.717, 1.165) is 0 Å². The summed E-state index contributed by atoms with van der Waals surface area (Å²) in [5.74, 6) is -0.137. The van der Waals surface area contributed by atoms with Gasteiger partial charge in [0, 0.05) is 18.5 Å². The molecule has 5 nitrogen and oxygen atoms in total. The Labute approximate surface area is 73.9 Å². The molecule has 0 saturated heterocycles. The highest BCUT2D eigenvalue weighted by Gasteiger charge is 2.08. The number of hydrogen-bond acceptors (Lipinski definition) is 3. The Bertz CT molecular complexity index is 377. The molecule has 0 fully saturated rings. The topological polar surface area (TPSA) is 60.1 Å². The second kappa shape index (κ2) is 3.14. The van der Waals surface area contributed by atoms with Crippen molar-refractivity contribution in [1.29, 1.82) is 0 Å². The van der Waals surface area contributed by atoms with Crippen LogP contribution in [0.15, 0.2) is 41.3 Å². The van der Waals surface area contributed by atoms with E-state index in [9.17, 15) is 4.79 Å². The van der Waals surface area contributed by atoms with Crippen molar-refractivity contribution in [3.8, 4) is 0 Å². The summed E-state index contributed by atoms with van der Waals surface area (Å²) in [6.07, 6.45) is 4.85. The normalized spacial score (nSPS) is 9.85. The first-order valence-electron chi connectivity index (χ1n) is 3.71. The molecule has 0 bridgehead atoms. The Kier molecular flexibility index (Phi) is 1.84. The number of carbonyl (C=O) groups excluding carboxylic acids is 1. The molecular formula is C8H7N3O2. The number of aromatic nitrogens is 2. The first-order chi connectivity index (χ1) is 6.36. The quantitative estimate of drug-likeness (QED) is 0.740. The predicted octanol–water partition coefficient (Wildman–Crippen LogP) is 0.860. The Morgan fingerprint density at radius 3 is 2.85 bits per heavy atom. The Balaban J connectivity index is 2.08. The molecule has 0 spiro atoms. The fraction of sp³-hybridized carbons (Fsp3) is 0. The van der Waals surface area contributed by atoms with Gasteiger partial charge in [-0.1, -0.05) is 5.16 Å². The number of carbonyl (C=O) groups is 1. The van der Waals surface area contributed by atoms with Gasteiger partial charge in [-0.2, -0.15) is 0 Å². The van der Waals surface area contributed by atoms with Crippen molar-refractivity contribution in [2.45, 2.75) is 0 Å². The van der Waals surface area contributed by atoms with Gasteiger partial charge in [-0.25, -0.2) is 0 Å². The van der Waals surface area contributed by atoms with E-state index in [0.29, 0.717) is 0 Å². The molecule has 0 aromatic carbocycles. The maximum atomic E-state index is 11.3. The molecule has 0 aliphatic carbocycles. The van der Waals surface area contributed by atoms with Crippen LogP contribution in [0.3, 0.4) is 0 Å². The highest BCUT2D eigenvalue weighted by molar-refractivity contribution is 5.97. The lowest BCUT2D eigenvalue weighted by Gasteiger charge is -2.01. The minimum Gasteiger partial charge on any atom is -0.351 e. The smallest absolute Gasteiger partial charge is 0.308 e. The molecule has 13 heavy (non-hydrogen) atoms. The lowest BCUT2D eigenvalue weighted by atomic mass is 10.4. The standard InChI is InChI=1S/C8H7N3O2/c12-8(7-3-4-9-13-7)10-11-5-1-2-6-11/h1-6H,(H,10,12). The van der Waals surface area contributed by atoms with Crippen LogP contribution in [0.4, 0.5) is 0 Å². The minimum atomic E-state index is -0.325. The van der Waals surface area contributed by atoms with E-state index in [2.05, 4.69) is 15.1 Å². The maximum Gasteiger partial charge on any atom is 0.308 e. The summed E-state index contributed by atoms with van der Waals surface area (Å²) < 4.78 is 6.20. The molecule has 0 aliphatic rings. The monoisotopic (exact) mass is 177 g/mol. The number of nitrogens with one attached hydrogen (secondary N) is 1. The van der Waals surface area contributed by atoms with Crippen LogP contribution in [-0.2, 0) is 0 Å². The van der Waals surface area contributed by atoms with Gasteiger partial charge in [0.05, 0.1) is 6.20 Å². The average molecular weight is 177 g/mol. The molecule has 0 aliphatic heterocycles. The van der Waals surface area contributed by atoms with Gasteiger partial charge in [0.25, 0.3) is 0 Å². The maximum absolute atomic E-state index is 11.3. The zero-order valence-electron chi connectivity index (χ0n) is 6.68. The molecule has 2 aromatic rings. The van der Waals surface area contributed by atoms with Crippen molar-refractivity contribution >= 4 is 5.91 Å². The molecule has 0 atom stereocenters. The molecule has 1 N–H and O–H groups in total. The van der Waals surface area contributed by atoms with Gasteiger partial charge in [0.1, 0.15) is 0 Å². The molecule has 66 valence electrons. The second-order valence-electron chi connectivity index (χ2n) is 2.41. The zero-order chi connectivity index (χ0) is 9.10. The fourth-order valence-corrected chi connectivity index (χ4v) is 0.914. The largest absolute Gasteiger partial charge is 0.351 e. The summed E-state index contributed by atoms with van der Waals surface area (Å²) in [6, 6.07) is 5.11. The van der Waals surface area contributed by atoms with E-state index in [1.165, 1.54) is 16.9 Å². The van der Waals surface area contributed by atoms with Crippen LogP contribution >= 0.6 is 0 Å². The van der Waals surface area contributed by atoms with E-state index in [-0.39, 0.29) is 11.7 Å². The molecule has 0 unspecified atom stereocenters. The van der Waals surface area contributed by atoms with Crippen LogP contribution in [0, 0.1) is 0 Å². The van der Waals surface area contributed by atoms with E-state index in [1.54, 1.807) is 24.5 Å². The van der Waals surface area contributed by atoms with Gasteiger partial charge in [-0.3, -0.25) is 14.9 Å². The number of hydrogen-bond donors (Lipinski definition) is 1. The molecule has 0 saturated carbocycles. The summed E-state index contributed by atoms with van der Waals surface area (Å²) >= 11 is 0.